The summed E-state index contributed by atoms with van der Waals surface area (Å²) in [6.07, 6.45) is 105. The predicted octanol–water partition coefficient (Wildman–Crippen LogP) is 27.2. The van der Waals surface area contributed by atoms with Crippen molar-refractivity contribution >= 4 is 11.9 Å². The Kier molecular flexibility index (Phi) is 77.3. The van der Waals surface area contributed by atoms with Crippen molar-refractivity contribution < 1.29 is 24.5 Å². The van der Waals surface area contributed by atoms with Crippen LogP contribution >= 0.6 is 0 Å². The zero-order valence-corrected chi connectivity index (χ0v) is 60.9. The molecule has 0 bridgehead atoms. The summed E-state index contributed by atoms with van der Waals surface area (Å²) >= 11 is 0. The van der Waals surface area contributed by atoms with E-state index in [9.17, 15) is 19.8 Å². The average Bonchev–Trinajstić information content (AvgIpc) is 3.62. The van der Waals surface area contributed by atoms with Gasteiger partial charge in [-0.25, -0.2) is 0 Å². The van der Waals surface area contributed by atoms with Crippen LogP contribution in [0.15, 0.2) is 48.6 Å². The zero-order valence-electron chi connectivity index (χ0n) is 60.9. The minimum absolute atomic E-state index is 0.00772. The molecule has 0 aromatic rings. The zero-order chi connectivity index (χ0) is 64.9. The number of esters is 1. The molecule has 530 valence electrons. The van der Waals surface area contributed by atoms with E-state index in [4.69, 9.17) is 4.74 Å². The summed E-state index contributed by atoms with van der Waals surface area (Å²) in [4.78, 5) is 24.6. The van der Waals surface area contributed by atoms with Gasteiger partial charge in [-0.1, -0.05) is 396 Å². The van der Waals surface area contributed by atoms with Gasteiger partial charge in [0.2, 0.25) is 5.91 Å². The van der Waals surface area contributed by atoms with E-state index < -0.39 is 12.1 Å². The van der Waals surface area contributed by atoms with Gasteiger partial charge < -0.3 is 20.3 Å². The second kappa shape index (κ2) is 79.3. The standard InChI is InChI=1S/C84H159NO5/c1-3-5-7-9-11-13-15-17-18-19-20-21-22-34-37-40-43-46-49-53-56-60-64-68-72-76-82(87)81(80-86)85-83(88)77-73-69-65-61-57-54-50-47-44-41-38-35-32-30-28-26-24-23-25-27-29-31-33-36-39-42-45-48-51-55-59-63-67-71-75-79-90-84(89)78-74-70-66-62-58-52-16-14-12-10-8-6-4-2/h14,16,25,27,31,33,72,76,81-82,86-87H,3-13,15,17-24,26,28-30,32,34-71,73-75,77-80H2,1-2H3,(H,85,88)/b16-14-,27-25-,33-31-,76-72+. The number of hydrogen-bond donors (Lipinski definition) is 3. The van der Waals surface area contributed by atoms with E-state index in [2.05, 4.69) is 55.6 Å². The topological polar surface area (TPSA) is 95.9 Å². The number of ether oxygens (including phenoxy) is 1. The first-order chi connectivity index (χ1) is 44.5. The maximum atomic E-state index is 12.6. The summed E-state index contributed by atoms with van der Waals surface area (Å²) in [5.74, 6) is -0.0530. The van der Waals surface area contributed by atoms with Gasteiger partial charge in [0.1, 0.15) is 0 Å². The number of amides is 1. The van der Waals surface area contributed by atoms with Gasteiger partial charge in [0.25, 0.3) is 0 Å². The smallest absolute Gasteiger partial charge is 0.305 e. The molecule has 0 aliphatic carbocycles. The Morgan fingerprint density at radius 1 is 0.311 bits per heavy atom. The molecule has 0 aliphatic heterocycles. The number of unbranched alkanes of at least 4 members (excludes halogenated alkanes) is 60. The number of nitrogens with one attached hydrogen (secondary N) is 1. The molecule has 0 fully saturated rings. The third-order valence-electron chi connectivity index (χ3n) is 19.1. The van der Waals surface area contributed by atoms with Gasteiger partial charge in [0.15, 0.2) is 0 Å². The fourth-order valence-corrected chi connectivity index (χ4v) is 12.8. The van der Waals surface area contributed by atoms with Crippen LogP contribution in [0.5, 0.6) is 0 Å². The highest BCUT2D eigenvalue weighted by molar-refractivity contribution is 5.76. The molecule has 90 heavy (non-hydrogen) atoms. The van der Waals surface area contributed by atoms with Gasteiger partial charge >= 0.3 is 5.97 Å². The van der Waals surface area contributed by atoms with E-state index >= 15 is 0 Å². The van der Waals surface area contributed by atoms with Crippen molar-refractivity contribution in [3.63, 3.8) is 0 Å². The molecular formula is C84H159NO5. The SMILES string of the molecule is CCCCCC/C=C\CCCCCCCC(=O)OCCCCCCCCCCCCC/C=C\C/C=C\CCCCCCCCCCCCCCCCCCCC(=O)NC(CO)C(O)/C=C/CCCCCCCCCCCCCCCCCCCCCCCCC. The number of hydrogen-bond acceptors (Lipinski definition) is 5. The van der Waals surface area contributed by atoms with Gasteiger partial charge in [0, 0.05) is 12.8 Å². The lowest BCUT2D eigenvalue weighted by atomic mass is 10.0. The molecule has 6 heteroatoms. The summed E-state index contributed by atoms with van der Waals surface area (Å²) < 4.78 is 5.48. The molecule has 0 aromatic carbocycles. The number of rotatable bonds is 77. The molecule has 0 spiro atoms. The van der Waals surface area contributed by atoms with E-state index in [0.717, 1.165) is 51.4 Å². The van der Waals surface area contributed by atoms with Crippen molar-refractivity contribution in [1.29, 1.82) is 0 Å². The largest absolute Gasteiger partial charge is 0.466 e. The van der Waals surface area contributed by atoms with Crippen molar-refractivity contribution in [2.75, 3.05) is 13.2 Å². The van der Waals surface area contributed by atoms with Crippen LogP contribution in [0.3, 0.4) is 0 Å². The van der Waals surface area contributed by atoms with Gasteiger partial charge in [-0.15, -0.1) is 0 Å². The number of aliphatic hydroxyl groups excluding tert-OH is 2. The highest BCUT2D eigenvalue weighted by Crippen LogP contribution is 2.20. The molecule has 1 amide bonds. The lowest BCUT2D eigenvalue weighted by Crippen LogP contribution is -2.45. The molecule has 0 saturated heterocycles. The van der Waals surface area contributed by atoms with Crippen LogP contribution in [0.25, 0.3) is 0 Å². The van der Waals surface area contributed by atoms with Crippen molar-refractivity contribution in [1.82, 2.24) is 5.32 Å². The summed E-state index contributed by atoms with van der Waals surface area (Å²) in [6.45, 7) is 4.93. The average molecular weight is 1260 g/mol. The predicted molar refractivity (Wildman–Crippen MR) is 398 cm³/mol. The van der Waals surface area contributed by atoms with Crippen LogP contribution in [0, 0.1) is 0 Å². The van der Waals surface area contributed by atoms with Crippen molar-refractivity contribution in [3.05, 3.63) is 48.6 Å². The second-order valence-electron chi connectivity index (χ2n) is 28.1. The van der Waals surface area contributed by atoms with E-state index in [-0.39, 0.29) is 18.5 Å². The minimum Gasteiger partial charge on any atom is -0.466 e. The second-order valence-corrected chi connectivity index (χ2v) is 28.1. The highest BCUT2D eigenvalue weighted by Gasteiger charge is 2.18. The summed E-state index contributed by atoms with van der Waals surface area (Å²) in [7, 11) is 0. The Bertz CT molecular complexity index is 1500. The fraction of sp³-hybridized carbons (Fsp3) is 0.881. The summed E-state index contributed by atoms with van der Waals surface area (Å²) in [5.41, 5.74) is 0. The lowest BCUT2D eigenvalue weighted by Gasteiger charge is -2.20. The van der Waals surface area contributed by atoms with Crippen molar-refractivity contribution in [3.8, 4) is 0 Å². The molecule has 0 rings (SSSR count). The van der Waals surface area contributed by atoms with Gasteiger partial charge in [0.05, 0.1) is 25.4 Å². The number of carbonyl (C=O) groups is 2. The van der Waals surface area contributed by atoms with Crippen molar-refractivity contribution in [2.45, 2.75) is 463 Å². The lowest BCUT2D eigenvalue weighted by molar-refractivity contribution is -0.143. The van der Waals surface area contributed by atoms with Crippen LogP contribution in [0.1, 0.15) is 450 Å². The fourth-order valence-electron chi connectivity index (χ4n) is 12.8. The van der Waals surface area contributed by atoms with Crippen LogP contribution in [0.4, 0.5) is 0 Å². The molecule has 2 atom stereocenters. The van der Waals surface area contributed by atoms with Crippen LogP contribution < -0.4 is 5.32 Å². The Morgan fingerprint density at radius 3 is 0.867 bits per heavy atom. The molecule has 0 saturated carbocycles. The first kappa shape index (κ1) is 87.8. The normalized spacial score (nSPS) is 12.7. The molecular weight excluding hydrogens is 1100 g/mol. The van der Waals surface area contributed by atoms with Crippen LogP contribution in [-0.4, -0.2) is 47.4 Å². The van der Waals surface area contributed by atoms with Gasteiger partial charge in [-0.05, 0) is 89.9 Å². The number of aliphatic hydroxyl groups is 2. The van der Waals surface area contributed by atoms with E-state index in [1.54, 1.807) is 6.08 Å². The molecule has 0 heterocycles. The van der Waals surface area contributed by atoms with Gasteiger partial charge in [-0.2, -0.15) is 0 Å². The molecule has 3 N–H and O–H groups in total. The Hall–Kier alpha value is -2.18. The Labute approximate surface area is 563 Å². The van der Waals surface area contributed by atoms with Crippen LogP contribution in [0.2, 0.25) is 0 Å². The van der Waals surface area contributed by atoms with Crippen molar-refractivity contribution in [2.24, 2.45) is 0 Å². The molecule has 0 aliphatic rings. The monoisotopic (exact) mass is 1260 g/mol. The first-order valence-corrected chi connectivity index (χ1v) is 40.9. The third kappa shape index (κ3) is 74.9. The minimum atomic E-state index is -0.845. The van der Waals surface area contributed by atoms with E-state index in [1.165, 1.54) is 372 Å². The first-order valence-electron chi connectivity index (χ1n) is 40.9. The summed E-state index contributed by atoms with van der Waals surface area (Å²) in [6, 6.07) is -0.628. The number of carbonyl (C=O) groups excluding carboxylic acids is 2. The molecule has 0 radical (unpaired) electrons. The van der Waals surface area contributed by atoms with E-state index in [0.29, 0.717) is 19.4 Å². The van der Waals surface area contributed by atoms with E-state index in [1.807, 2.05) is 6.08 Å². The maximum absolute atomic E-state index is 12.6. The summed E-state index contributed by atoms with van der Waals surface area (Å²) in [5, 5.41) is 23.3. The third-order valence-corrected chi connectivity index (χ3v) is 19.1. The molecule has 0 aromatic heterocycles. The maximum Gasteiger partial charge on any atom is 0.305 e. The highest BCUT2D eigenvalue weighted by atomic mass is 16.5. The Balaban J connectivity index is 3.40. The quantitative estimate of drug-likeness (QED) is 0.0320. The van der Waals surface area contributed by atoms with Crippen LogP contribution in [-0.2, 0) is 14.3 Å². The Morgan fingerprint density at radius 2 is 0.556 bits per heavy atom. The molecule has 6 nitrogen and oxygen atoms in total. The number of allylic oxidation sites excluding steroid dienone is 7. The van der Waals surface area contributed by atoms with Gasteiger partial charge in [-0.3, -0.25) is 9.59 Å². The molecule has 2 unspecified atom stereocenters.